The highest BCUT2D eigenvalue weighted by Gasteiger charge is 2.19. The zero-order chi connectivity index (χ0) is 24.5. The van der Waals surface area contributed by atoms with Crippen LogP contribution in [0.25, 0.3) is 0 Å². The molecule has 1 aliphatic carbocycles. The van der Waals surface area contributed by atoms with Crippen molar-refractivity contribution in [1.82, 2.24) is 14.9 Å². The van der Waals surface area contributed by atoms with Gasteiger partial charge >= 0.3 is 6.01 Å². The summed E-state index contributed by atoms with van der Waals surface area (Å²) in [5.74, 6) is 1.78. The Morgan fingerprint density at radius 2 is 1.94 bits per heavy atom. The van der Waals surface area contributed by atoms with Gasteiger partial charge in [-0.2, -0.15) is 15.1 Å². The minimum atomic E-state index is 0.338. The number of benzene rings is 1. The molecule has 0 atom stereocenters. The molecule has 9 heteroatoms. The fourth-order valence-corrected chi connectivity index (χ4v) is 4.58. The summed E-state index contributed by atoms with van der Waals surface area (Å²) in [5.41, 5.74) is 6.05. The monoisotopic (exact) mass is 482 g/mol. The Bertz CT molecular complexity index is 987. The van der Waals surface area contributed by atoms with Crippen LogP contribution < -0.4 is 15.1 Å². The van der Waals surface area contributed by atoms with E-state index in [2.05, 4.69) is 34.1 Å². The van der Waals surface area contributed by atoms with E-state index in [9.17, 15) is 5.11 Å². The van der Waals surface area contributed by atoms with Gasteiger partial charge in [0.2, 0.25) is 0 Å². The van der Waals surface area contributed by atoms with Crippen molar-refractivity contribution in [2.45, 2.75) is 46.0 Å². The number of fused-ring (bicyclic) bond motifs is 1. The van der Waals surface area contributed by atoms with E-state index in [0.717, 1.165) is 101 Å². The number of anilines is 2. The van der Waals surface area contributed by atoms with Crippen molar-refractivity contribution in [2.24, 2.45) is 5.10 Å². The molecule has 0 saturated carbocycles. The normalized spacial score (nSPS) is 17.3. The number of hydrazone groups is 1. The van der Waals surface area contributed by atoms with Gasteiger partial charge in [0.15, 0.2) is 5.82 Å². The van der Waals surface area contributed by atoms with Gasteiger partial charge in [0.05, 0.1) is 18.9 Å². The van der Waals surface area contributed by atoms with Crippen molar-refractivity contribution in [3.63, 3.8) is 0 Å². The molecule has 1 aromatic heterocycles. The van der Waals surface area contributed by atoms with Gasteiger partial charge in [-0.1, -0.05) is 26.0 Å². The summed E-state index contributed by atoms with van der Waals surface area (Å²) in [4.78, 5) is 13.9. The molecule has 0 radical (unpaired) electrons. The highest BCUT2D eigenvalue weighted by atomic mass is 16.5. The molecule has 35 heavy (non-hydrogen) atoms. The number of hydrogen-bond acceptors (Lipinski definition) is 9. The van der Waals surface area contributed by atoms with Gasteiger partial charge in [-0.05, 0) is 38.2 Å². The molecule has 2 aromatic rings. The Balaban J connectivity index is 1.53. The molecule has 0 spiro atoms. The van der Waals surface area contributed by atoms with E-state index in [0.29, 0.717) is 24.2 Å². The first-order valence-corrected chi connectivity index (χ1v) is 12.9. The first-order chi connectivity index (χ1) is 17.2. The molecule has 2 aliphatic rings. The van der Waals surface area contributed by atoms with E-state index >= 15 is 0 Å². The Morgan fingerprint density at radius 1 is 1.14 bits per heavy atom. The van der Waals surface area contributed by atoms with Crippen LogP contribution in [0.2, 0.25) is 0 Å². The van der Waals surface area contributed by atoms with Gasteiger partial charge in [-0.3, -0.25) is 10.3 Å². The second-order valence-electron chi connectivity index (χ2n) is 9.01. The molecule has 1 fully saturated rings. The van der Waals surface area contributed by atoms with Gasteiger partial charge in [0.1, 0.15) is 18.2 Å². The van der Waals surface area contributed by atoms with Crippen molar-refractivity contribution in [3.8, 4) is 11.8 Å². The van der Waals surface area contributed by atoms with Gasteiger partial charge < -0.3 is 19.5 Å². The van der Waals surface area contributed by atoms with Crippen LogP contribution in [-0.4, -0.2) is 78.2 Å². The van der Waals surface area contributed by atoms with E-state index in [4.69, 9.17) is 19.6 Å². The number of nitrogens with zero attached hydrogens (tertiary/aromatic N) is 5. The third kappa shape index (κ3) is 6.82. The SMILES string of the molecule is CCCN(CCC)c1cc(N/N=C2\CCCc3c(O)cccc32)nc(OCCN2CCOCC2)n1. The summed E-state index contributed by atoms with van der Waals surface area (Å²) in [7, 11) is 0. The van der Waals surface area contributed by atoms with Crippen LogP contribution in [-0.2, 0) is 11.2 Å². The Kier molecular flexibility index (Phi) is 9.14. The molecule has 190 valence electrons. The summed E-state index contributed by atoms with van der Waals surface area (Å²) < 4.78 is 11.4. The molecule has 4 rings (SSSR count). The number of nitrogens with one attached hydrogen (secondary N) is 1. The maximum Gasteiger partial charge on any atom is 0.320 e. The van der Waals surface area contributed by atoms with Gasteiger partial charge in [0.25, 0.3) is 0 Å². The zero-order valence-corrected chi connectivity index (χ0v) is 21.0. The lowest BCUT2D eigenvalue weighted by atomic mass is 9.89. The van der Waals surface area contributed by atoms with Crippen LogP contribution in [0.15, 0.2) is 29.4 Å². The average Bonchev–Trinajstić information content (AvgIpc) is 2.88. The van der Waals surface area contributed by atoms with Crippen molar-refractivity contribution in [2.75, 3.05) is 62.9 Å². The van der Waals surface area contributed by atoms with Crippen LogP contribution in [0.4, 0.5) is 11.6 Å². The van der Waals surface area contributed by atoms with Crippen LogP contribution in [0.5, 0.6) is 11.8 Å². The molecule has 2 N–H and O–H groups in total. The van der Waals surface area contributed by atoms with E-state index in [1.807, 2.05) is 18.2 Å². The first-order valence-electron chi connectivity index (χ1n) is 12.9. The summed E-state index contributed by atoms with van der Waals surface area (Å²) in [6.45, 7) is 10.9. The Hall–Kier alpha value is -2.91. The van der Waals surface area contributed by atoms with Crippen molar-refractivity contribution < 1.29 is 14.6 Å². The fraction of sp³-hybridized carbons (Fsp3) is 0.577. The zero-order valence-electron chi connectivity index (χ0n) is 21.0. The van der Waals surface area contributed by atoms with Crippen molar-refractivity contribution in [3.05, 3.63) is 35.4 Å². The molecule has 0 unspecified atom stereocenters. The van der Waals surface area contributed by atoms with Crippen molar-refractivity contribution in [1.29, 1.82) is 0 Å². The van der Waals surface area contributed by atoms with Crippen LogP contribution in [0.3, 0.4) is 0 Å². The smallest absolute Gasteiger partial charge is 0.320 e. The molecular weight excluding hydrogens is 444 g/mol. The standard InChI is InChI=1S/C26H38N6O3/c1-3-11-32(12-4-2)25-19-24(27-26(28-25)35-18-15-31-13-16-34-17-14-31)30-29-22-9-5-8-21-20(22)7-6-10-23(21)33/h6-7,10,19,33H,3-5,8-9,11-18H2,1-2H3,(H,27,28,30)/b29-22+. The molecule has 0 bridgehead atoms. The molecule has 1 aliphatic heterocycles. The molecule has 9 nitrogen and oxygen atoms in total. The summed E-state index contributed by atoms with van der Waals surface area (Å²) >= 11 is 0. The predicted molar refractivity (Wildman–Crippen MR) is 139 cm³/mol. The van der Waals surface area contributed by atoms with Crippen LogP contribution in [0.1, 0.15) is 50.7 Å². The molecule has 2 heterocycles. The lowest BCUT2D eigenvalue weighted by molar-refractivity contribution is 0.0317. The van der Waals surface area contributed by atoms with E-state index in [1.165, 1.54) is 0 Å². The number of ether oxygens (including phenoxy) is 2. The topological polar surface area (TPSA) is 95.3 Å². The Labute approximate surface area is 208 Å². The van der Waals surface area contributed by atoms with Crippen LogP contribution in [0, 0.1) is 0 Å². The largest absolute Gasteiger partial charge is 0.508 e. The molecular formula is C26H38N6O3. The number of aromatic hydroxyl groups is 1. The van der Waals surface area contributed by atoms with E-state index < -0.39 is 0 Å². The molecule has 1 saturated heterocycles. The fourth-order valence-electron chi connectivity index (χ4n) is 4.58. The summed E-state index contributed by atoms with van der Waals surface area (Å²) in [6.07, 6.45) is 4.73. The maximum absolute atomic E-state index is 10.2. The van der Waals surface area contributed by atoms with Crippen LogP contribution >= 0.6 is 0 Å². The average molecular weight is 483 g/mol. The highest BCUT2D eigenvalue weighted by Crippen LogP contribution is 2.29. The quantitative estimate of drug-likeness (QED) is 0.469. The number of rotatable bonds is 11. The van der Waals surface area contributed by atoms with E-state index in [1.54, 1.807) is 6.07 Å². The molecule has 0 amide bonds. The summed E-state index contributed by atoms with van der Waals surface area (Å²) in [6, 6.07) is 7.92. The molecule has 1 aromatic carbocycles. The summed E-state index contributed by atoms with van der Waals surface area (Å²) in [5, 5.41) is 14.9. The first kappa shape index (κ1) is 25.2. The maximum atomic E-state index is 10.2. The number of aromatic nitrogens is 2. The second kappa shape index (κ2) is 12.7. The lowest BCUT2D eigenvalue weighted by Gasteiger charge is -2.26. The third-order valence-electron chi connectivity index (χ3n) is 6.35. The number of hydrogen-bond donors (Lipinski definition) is 2. The van der Waals surface area contributed by atoms with E-state index in [-0.39, 0.29) is 0 Å². The Morgan fingerprint density at radius 3 is 2.71 bits per heavy atom. The lowest BCUT2D eigenvalue weighted by Crippen LogP contribution is -2.38. The van der Waals surface area contributed by atoms with Gasteiger partial charge in [-0.25, -0.2) is 0 Å². The van der Waals surface area contributed by atoms with Crippen molar-refractivity contribution >= 4 is 17.3 Å². The second-order valence-corrected chi connectivity index (χ2v) is 9.01. The highest BCUT2D eigenvalue weighted by molar-refractivity contribution is 6.03. The number of morpholine rings is 1. The predicted octanol–water partition coefficient (Wildman–Crippen LogP) is 3.67. The minimum absolute atomic E-state index is 0.338. The van der Waals surface area contributed by atoms with Gasteiger partial charge in [0, 0.05) is 49.9 Å². The minimum Gasteiger partial charge on any atom is -0.508 e. The number of phenols is 1. The van der Waals surface area contributed by atoms with Gasteiger partial charge in [-0.15, -0.1) is 0 Å². The number of phenolic OH excluding ortho intramolecular Hbond substituents is 1. The third-order valence-corrected chi connectivity index (χ3v) is 6.35.